The van der Waals surface area contributed by atoms with Crippen LogP contribution in [0.2, 0.25) is 0 Å². The van der Waals surface area contributed by atoms with Crippen molar-refractivity contribution in [2.45, 2.75) is 33.0 Å². The summed E-state index contributed by atoms with van der Waals surface area (Å²) in [7, 11) is 3.59. The van der Waals surface area contributed by atoms with E-state index in [0.717, 1.165) is 42.1 Å². The van der Waals surface area contributed by atoms with Crippen molar-refractivity contribution in [3.8, 4) is 5.75 Å². The Kier molecular flexibility index (Phi) is 5.85. The van der Waals surface area contributed by atoms with Crippen LogP contribution >= 0.6 is 0 Å². The standard InChI is InChI=1S/C22H28N6O2/c1-4-23-22(29)21-19-15-27(13-17-11-24-26(2)12-17)9-8-20(19)28(25-21)14-16-6-5-7-18(10-16)30-3/h5-7,10-12H,4,8-9,13-15H2,1-3H3,(H,23,29). The second-order valence-corrected chi connectivity index (χ2v) is 7.63. The predicted molar refractivity (Wildman–Crippen MR) is 113 cm³/mol. The van der Waals surface area contributed by atoms with Crippen molar-refractivity contribution in [1.29, 1.82) is 0 Å². The molecule has 8 nitrogen and oxygen atoms in total. The molecule has 0 atom stereocenters. The lowest BCUT2D eigenvalue weighted by atomic mass is 10.0. The molecule has 30 heavy (non-hydrogen) atoms. The third kappa shape index (κ3) is 4.23. The van der Waals surface area contributed by atoms with Crippen molar-refractivity contribution in [1.82, 2.24) is 29.8 Å². The molecule has 1 aromatic carbocycles. The number of nitrogens with zero attached hydrogens (tertiary/aromatic N) is 5. The number of fused-ring (bicyclic) bond motifs is 1. The molecule has 1 amide bonds. The fourth-order valence-electron chi connectivity index (χ4n) is 3.99. The molecule has 0 bridgehead atoms. The van der Waals surface area contributed by atoms with Gasteiger partial charge in [-0.25, -0.2) is 0 Å². The first-order valence-electron chi connectivity index (χ1n) is 10.3. The molecule has 4 rings (SSSR count). The number of nitrogens with one attached hydrogen (secondary N) is 1. The number of hydrogen-bond donors (Lipinski definition) is 1. The van der Waals surface area contributed by atoms with Crippen LogP contribution in [0.3, 0.4) is 0 Å². The van der Waals surface area contributed by atoms with Gasteiger partial charge in [-0.2, -0.15) is 10.2 Å². The van der Waals surface area contributed by atoms with E-state index in [2.05, 4.69) is 21.4 Å². The lowest BCUT2D eigenvalue weighted by Crippen LogP contribution is -2.32. The lowest BCUT2D eigenvalue weighted by Gasteiger charge is -2.27. The molecule has 0 spiro atoms. The third-order valence-electron chi connectivity index (χ3n) is 5.40. The summed E-state index contributed by atoms with van der Waals surface area (Å²) in [5.41, 5.74) is 4.97. The second kappa shape index (κ2) is 8.71. The van der Waals surface area contributed by atoms with E-state index in [4.69, 9.17) is 9.84 Å². The van der Waals surface area contributed by atoms with Crippen LogP contribution in [0.25, 0.3) is 0 Å². The van der Waals surface area contributed by atoms with E-state index < -0.39 is 0 Å². The lowest BCUT2D eigenvalue weighted by molar-refractivity contribution is 0.0947. The number of carbonyl (C=O) groups is 1. The van der Waals surface area contributed by atoms with E-state index in [1.54, 1.807) is 7.11 Å². The van der Waals surface area contributed by atoms with Gasteiger partial charge in [0.05, 0.1) is 19.9 Å². The second-order valence-electron chi connectivity index (χ2n) is 7.63. The van der Waals surface area contributed by atoms with E-state index in [-0.39, 0.29) is 5.91 Å². The molecule has 0 unspecified atom stereocenters. The number of benzene rings is 1. The van der Waals surface area contributed by atoms with E-state index in [1.165, 1.54) is 5.56 Å². The maximum absolute atomic E-state index is 12.7. The highest BCUT2D eigenvalue weighted by molar-refractivity contribution is 5.94. The fourth-order valence-corrected chi connectivity index (χ4v) is 3.99. The largest absolute Gasteiger partial charge is 0.497 e. The number of rotatable bonds is 7. The molecule has 0 saturated heterocycles. The fraction of sp³-hybridized carbons (Fsp3) is 0.409. The van der Waals surface area contributed by atoms with Crippen molar-refractivity contribution in [2.24, 2.45) is 7.05 Å². The molecule has 0 saturated carbocycles. The average molecular weight is 409 g/mol. The minimum atomic E-state index is -0.110. The molecule has 2 aromatic heterocycles. The van der Waals surface area contributed by atoms with Gasteiger partial charge in [0, 0.05) is 62.7 Å². The van der Waals surface area contributed by atoms with Crippen LogP contribution in [-0.4, -0.2) is 50.6 Å². The molecule has 3 aromatic rings. The van der Waals surface area contributed by atoms with Gasteiger partial charge in [-0.3, -0.25) is 19.1 Å². The molecule has 0 aliphatic carbocycles. The Morgan fingerprint density at radius 2 is 2.13 bits per heavy atom. The number of hydrogen-bond acceptors (Lipinski definition) is 5. The third-order valence-corrected chi connectivity index (χ3v) is 5.40. The van der Waals surface area contributed by atoms with Gasteiger partial charge in [-0.1, -0.05) is 12.1 Å². The summed E-state index contributed by atoms with van der Waals surface area (Å²) >= 11 is 0. The quantitative estimate of drug-likeness (QED) is 0.647. The summed E-state index contributed by atoms with van der Waals surface area (Å²) in [6, 6.07) is 7.97. The van der Waals surface area contributed by atoms with Crippen LogP contribution in [0.4, 0.5) is 0 Å². The summed E-state index contributed by atoms with van der Waals surface area (Å²) in [6.07, 6.45) is 4.78. The topological polar surface area (TPSA) is 77.2 Å². The van der Waals surface area contributed by atoms with Gasteiger partial charge < -0.3 is 10.1 Å². The van der Waals surface area contributed by atoms with Crippen LogP contribution in [-0.2, 0) is 33.1 Å². The minimum absolute atomic E-state index is 0.110. The molecule has 3 heterocycles. The maximum atomic E-state index is 12.7. The number of carbonyl (C=O) groups excluding carboxylic acids is 1. The Balaban J connectivity index is 1.61. The molecule has 8 heteroatoms. The highest BCUT2D eigenvalue weighted by atomic mass is 16.5. The van der Waals surface area contributed by atoms with Gasteiger partial charge in [0.15, 0.2) is 5.69 Å². The highest BCUT2D eigenvalue weighted by Crippen LogP contribution is 2.25. The Hall–Kier alpha value is -3.13. The average Bonchev–Trinajstić information content (AvgIpc) is 3.31. The normalized spacial score (nSPS) is 13.8. The van der Waals surface area contributed by atoms with E-state index in [9.17, 15) is 4.79 Å². The van der Waals surface area contributed by atoms with E-state index in [0.29, 0.717) is 25.3 Å². The molecular formula is C22H28N6O2. The van der Waals surface area contributed by atoms with Crippen LogP contribution in [0.1, 0.15) is 39.8 Å². The monoisotopic (exact) mass is 408 g/mol. The first-order valence-corrected chi connectivity index (χ1v) is 10.3. The predicted octanol–water partition coefficient (Wildman–Crippen LogP) is 1.98. The van der Waals surface area contributed by atoms with E-state index in [1.807, 2.05) is 53.9 Å². The highest BCUT2D eigenvalue weighted by Gasteiger charge is 2.28. The van der Waals surface area contributed by atoms with Gasteiger partial charge >= 0.3 is 0 Å². The van der Waals surface area contributed by atoms with Crippen molar-refractivity contribution >= 4 is 5.91 Å². The van der Waals surface area contributed by atoms with Gasteiger partial charge in [0.2, 0.25) is 0 Å². The maximum Gasteiger partial charge on any atom is 0.272 e. The number of aromatic nitrogens is 4. The molecular weight excluding hydrogens is 380 g/mol. The molecule has 1 N–H and O–H groups in total. The summed E-state index contributed by atoms with van der Waals surface area (Å²) in [5.74, 6) is 0.710. The van der Waals surface area contributed by atoms with Crippen LogP contribution in [0.15, 0.2) is 36.7 Å². The number of amides is 1. The van der Waals surface area contributed by atoms with Gasteiger partial charge in [-0.15, -0.1) is 0 Å². The van der Waals surface area contributed by atoms with Crippen molar-refractivity contribution in [2.75, 3.05) is 20.2 Å². The first-order chi connectivity index (χ1) is 14.6. The van der Waals surface area contributed by atoms with Crippen LogP contribution in [0.5, 0.6) is 5.75 Å². The van der Waals surface area contributed by atoms with Crippen LogP contribution < -0.4 is 10.1 Å². The first kappa shape index (κ1) is 20.2. The van der Waals surface area contributed by atoms with Gasteiger partial charge in [0.25, 0.3) is 5.91 Å². The molecule has 1 aliphatic rings. The summed E-state index contributed by atoms with van der Waals surface area (Å²) in [5, 5.41) is 11.9. The molecule has 0 fully saturated rings. The summed E-state index contributed by atoms with van der Waals surface area (Å²) in [4.78, 5) is 15.1. The van der Waals surface area contributed by atoms with Crippen molar-refractivity contribution in [3.05, 3.63) is 64.7 Å². The van der Waals surface area contributed by atoms with E-state index >= 15 is 0 Å². The van der Waals surface area contributed by atoms with Gasteiger partial charge in [0.1, 0.15) is 5.75 Å². The zero-order valence-electron chi connectivity index (χ0n) is 17.8. The Morgan fingerprint density at radius 3 is 2.87 bits per heavy atom. The Bertz CT molecular complexity index is 1040. The molecule has 158 valence electrons. The summed E-state index contributed by atoms with van der Waals surface area (Å²) in [6.45, 7) is 5.54. The Labute approximate surface area is 176 Å². The molecule has 1 aliphatic heterocycles. The summed E-state index contributed by atoms with van der Waals surface area (Å²) < 4.78 is 9.14. The zero-order chi connectivity index (χ0) is 21.1. The molecule has 0 radical (unpaired) electrons. The van der Waals surface area contributed by atoms with Gasteiger partial charge in [-0.05, 0) is 24.6 Å². The van der Waals surface area contributed by atoms with Crippen LogP contribution in [0, 0.1) is 0 Å². The number of methoxy groups -OCH3 is 1. The Morgan fingerprint density at radius 1 is 1.27 bits per heavy atom. The minimum Gasteiger partial charge on any atom is -0.497 e. The smallest absolute Gasteiger partial charge is 0.272 e. The van der Waals surface area contributed by atoms with Crippen molar-refractivity contribution in [3.63, 3.8) is 0 Å². The SMILES string of the molecule is CCNC(=O)c1nn(Cc2cccc(OC)c2)c2c1CN(Cc1cnn(C)c1)CC2. The zero-order valence-corrected chi connectivity index (χ0v) is 17.8. The van der Waals surface area contributed by atoms with Crippen molar-refractivity contribution < 1.29 is 9.53 Å². The number of ether oxygens (including phenoxy) is 1. The number of aryl methyl sites for hydroxylation is 1.